The number of benzene rings is 2. The number of hydrogen-bond donors (Lipinski definition) is 4. The van der Waals surface area contributed by atoms with Crippen LogP contribution in [0, 0.1) is 0 Å². The predicted octanol–water partition coefficient (Wildman–Crippen LogP) is 0.529. The van der Waals surface area contributed by atoms with E-state index in [0.29, 0.717) is 19.4 Å². The summed E-state index contributed by atoms with van der Waals surface area (Å²) in [4.78, 5) is 12.4. The SMILES string of the molecule is CNC(Cc1ccc(O)cc1)C(=O)NCCc1ccc(S(N)(=O)=O)cc1. The Labute approximate surface area is 153 Å². The molecule has 0 bridgehead atoms. The van der Waals surface area contributed by atoms with Gasteiger partial charge >= 0.3 is 0 Å². The van der Waals surface area contributed by atoms with Gasteiger partial charge in [-0.2, -0.15) is 0 Å². The minimum Gasteiger partial charge on any atom is -0.508 e. The van der Waals surface area contributed by atoms with E-state index in [1.54, 1.807) is 43.4 Å². The summed E-state index contributed by atoms with van der Waals surface area (Å²) in [6, 6.07) is 12.6. The molecule has 26 heavy (non-hydrogen) atoms. The number of carbonyl (C=O) groups excluding carboxylic acids is 1. The fourth-order valence-corrected chi connectivity index (χ4v) is 3.01. The molecular formula is C18H23N3O4S. The maximum absolute atomic E-state index is 12.3. The molecule has 2 aromatic carbocycles. The molecule has 1 amide bonds. The molecule has 0 radical (unpaired) electrons. The van der Waals surface area contributed by atoms with Gasteiger partial charge in [0.15, 0.2) is 0 Å². The summed E-state index contributed by atoms with van der Waals surface area (Å²) in [6.45, 7) is 0.432. The van der Waals surface area contributed by atoms with Crippen molar-refractivity contribution in [3.8, 4) is 5.75 Å². The van der Waals surface area contributed by atoms with Crippen LogP contribution in [-0.2, 0) is 27.7 Å². The van der Waals surface area contributed by atoms with E-state index in [1.165, 1.54) is 12.1 Å². The summed E-state index contributed by atoms with van der Waals surface area (Å²) in [6.07, 6.45) is 1.08. The molecule has 7 nitrogen and oxygen atoms in total. The lowest BCUT2D eigenvalue weighted by atomic mass is 10.1. The van der Waals surface area contributed by atoms with Crippen LogP contribution in [0.3, 0.4) is 0 Å². The maximum atomic E-state index is 12.3. The summed E-state index contributed by atoms with van der Waals surface area (Å²) in [5.74, 6) is 0.0643. The summed E-state index contributed by atoms with van der Waals surface area (Å²) in [7, 11) is -1.98. The number of hydrogen-bond acceptors (Lipinski definition) is 5. The normalized spacial score (nSPS) is 12.5. The molecule has 0 saturated carbocycles. The van der Waals surface area contributed by atoms with E-state index in [2.05, 4.69) is 10.6 Å². The molecule has 1 unspecified atom stereocenters. The number of aromatic hydroxyl groups is 1. The zero-order chi connectivity index (χ0) is 19.2. The molecule has 2 aromatic rings. The van der Waals surface area contributed by atoms with Crippen molar-refractivity contribution in [1.82, 2.24) is 10.6 Å². The molecule has 0 spiro atoms. The van der Waals surface area contributed by atoms with E-state index in [4.69, 9.17) is 5.14 Å². The molecule has 0 aliphatic heterocycles. The summed E-state index contributed by atoms with van der Waals surface area (Å²) >= 11 is 0. The molecule has 0 saturated heterocycles. The second-order valence-corrected chi connectivity index (χ2v) is 7.50. The van der Waals surface area contributed by atoms with E-state index >= 15 is 0 Å². The van der Waals surface area contributed by atoms with Crippen molar-refractivity contribution in [2.45, 2.75) is 23.8 Å². The second-order valence-electron chi connectivity index (χ2n) is 5.94. The molecular weight excluding hydrogens is 354 g/mol. The Morgan fingerprint density at radius 3 is 2.19 bits per heavy atom. The van der Waals surface area contributed by atoms with Crippen molar-refractivity contribution in [2.24, 2.45) is 5.14 Å². The van der Waals surface area contributed by atoms with Crippen molar-refractivity contribution >= 4 is 15.9 Å². The van der Waals surface area contributed by atoms with E-state index in [-0.39, 0.29) is 22.6 Å². The van der Waals surface area contributed by atoms with Gasteiger partial charge in [-0.1, -0.05) is 24.3 Å². The van der Waals surface area contributed by atoms with Crippen molar-refractivity contribution in [3.05, 3.63) is 59.7 Å². The molecule has 0 aromatic heterocycles. The Kier molecular flexibility index (Phi) is 6.73. The van der Waals surface area contributed by atoms with Crippen LogP contribution in [0.2, 0.25) is 0 Å². The monoisotopic (exact) mass is 377 g/mol. The van der Waals surface area contributed by atoms with Gasteiger partial charge in [0.05, 0.1) is 10.9 Å². The molecule has 8 heteroatoms. The van der Waals surface area contributed by atoms with E-state index < -0.39 is 10.0 Å². The minimum absolute atomic E-state index is 0.0643. The van der Waals surface area contributed by atoms with Crippen LogP contribution in [0.5, 0.6) is 5.75 Å². The van der Waals surface area contributed by atoms with Crippen LogP contribution in [0.1, 0.15) is 11.1 Å². The standard InChI is InChI=1S/C18H23N3O4S/c1-20-17(12-14-2-6-15(22)7-3-14)18(23)21-11-10-13-4-8-16(9-5-13)26(19,24)25/h2-9,17,20,22H,10-12H2,1H3,(H,21,23)(H2,19,24,25). The first kappa shape index (κ1) is 19.9. The lowest BCUT2D eigenvalue weighted by molar-refractivity contribution is -0.122. The highest BCUT2D eigenvalue weighted by atomic mass is 32.2. The quantitative estimate of drug-likeness (QED) is 0.535. The number of rotatable bonds is 8. The van der Waals surface area contributed by atoms with Gasteiger partial charge in [0.1, 0.15) is 5.75 Å². The van der Waals surface area contributed by atoms with Crippen molar-refractivity contribution in [2.75, 3.05) is 13.6 Å². The molecule has 0 aliphatic rings. The van der Waals surface area contributed by atoms with Crippen LogP contribution in [0.25, 0.3) is 0 Å². The Hall–Kier alpha value is -2.42. The van der Waals surface area contributed by atoms with Gasteiger partial charge < -0.3 is 15.7 Å². The zero-order valence-electron chi connectivity index (χ0n) is 14.5. The maximum Gasteiger partial charge on any atom is 0.238 e. The van der Waals surface area contributed by atoms with Gasteiger partial charge in [-0.25, -0.2) is 13.6 Å². The number of primary sulfonamides is 1. The van der Waals surface area contributed by atoms with Crippen molar-refractivity contribution in [3.63, 3.8) is 0 Å². The van der Waals surface area contributed by atoms with Crippen molar-refractivity contribution < 1.29 is 18.3 Å². The highest BCUT2D eigenvalue weighted by Crippen LogP contribution is 2.12. The first-order chi connectivity index (χ1) is 12.3. The third-order valence-corrected chi connectivity index (χ3v) is 4.94. The number of nitrogens with one attached hydrogen (secondary N) is 2. The lowest BCUT2D eigenvalue weighted by Crippen LogP contribution is -2.44. The minimum atomic E-state index is -3.69. The van der Waals surface area contributed by atoms with Gasteiger partial charge in [0, 0.05) is 6.54 Å². The first-order valence-electron chi connectivity index (χ1n) is 8.14. The summed E-state index contributed by atoms with van der Waals surface area (Å²) < 4.78 is 22.4. The van der Waals surface area contributed by atoms with E-state index in [1.807, 2.05) is 0 Å². The number of amides is 1. The fourth-order valence-electron chi connectivity index (χ4n) is 2.49. The largest absolute Gasteiger partial charge is 0.508 e. The zero-order valence-corrected chi connectivity index (χ0v) is 15.3. The highest BCUT2D eigenvalue weighted by Gasteiger charge is 2.16. The van der Waals surface area contributed by atoms with Gasteiger partial charge in [-0.15, -0.1) is 0 Å². The molecule has 0 fully saturated rings. The number of likely N-dealkylation sites (N-methyl/N-ethyl adjacent to an activating group) is 1. The number of nitrogens with two attached hydrogens (primary N) is 1. The molecule has 2 rings (SSSR count). The topological polar surface area (TPSA) is 122 Å². The van der Waals surface area contributed by atoms with Gasteiger partial charge in [0.25, 0.3) is 0 Å². The Morgan fingerprint density at radius 1 is 1.08 bits per heavy atom. The number of phenols is 1. The Morgan fingerprint density at radius 2 is 1.65 bits per heavy atom. The Balaban J connectivity index is 1.85. The predicted molar refractivity (Wildman–Crippen MR) is 99.2 cm³/mol. The van der Waals surface area contributed by atoms with Gasteiger partial charge in [-0.05, 0) is 55.3 Å². The third-order valence-electron chi connectivity index (χ3n) is 4.01. The molecule has 5 N–H and O–H groups in total. The molecule has 0 aliphatic carbocycles. The van der Waals surface area contributed by atoms with Crippen molar-refractivity contribution in [1.29, 1.82) is 0 Å². The first-order valence-corrected chi connectivity index (χ1v) is 9.69. The fraction of sp³-hybridized carbons (Fsp3) is 0.278. The van der Waals surface area contributed by atoms with Gasteiger partial charge in [-0.3, -0.25) is 4.79 Å². The van der Waals surface area contributed by atoms with Gasteiger partial charge in [0.2, 0.25) is 15.9 Å². The smallest absolute Gasteiger partial charge is 0.238 e. The van der Waals surface area contributed by atoms with Crippen LogP contribution in [-0.4, -0.2) is 39.1 Å². The van der Waals surface area contributed by atoms with E-state index in [9.17, 15) is 18.3 Å². The number of phenolic OH excluding ortho intramolecular Hbond substituents is 1. The van der Waals surface area contributed by atoms with Crippen LogP contribution in [0.15, 0.2) is 53.4 Å². The van der Waals surface area contributed by atoms with Crippen LogP contribution < -0.4 is 15.8 Å². The average Bonchev–Trinajstić information content (AvgIpc) is 2.60. The summed E-state index contributed by atoms with van der Waals surface area (Å²) in [5.41, 5.74) is 1.84. The molecule has 1 atom stereocenters. The van der Waals surface area contributed by atoms with Crippen LogP contribution >= 0.6 is 0 Å². The average molecular weight is 377 g/mol. The third kappa shape index (κ3) is 5.83. The number of sulfonamides is 1. The van der Waals surface area contributed by atoms with Crippen LogP contribution in [0.4, 0.5) is 0 Å². The van der Waals surface area contributed by atoms with E-state index in [0.717, 1.165) is 11.1 Å². The lowest BCUT2D eigenvalue weighted by Gasteiger charge is -2.16. The summed E-state index contributed by atoms with van der Waals surface area (Å²) in [5, 5.41) is 20.2. The second kappa shape index (κ2) is 8.79. The number of carbonyl (C=O) groups is 1. The highest BCUT2D eigenvalue weighted by molar-refractivity contribution is 7.89. The Bertz CT molecular complexity index is 834. The molecule has 0 heterocycles. The molecule has 140 valence electrons.